The molecule has 0 saturated carbocycles. The average molecular weight is 933 g/mol. The number of thiazole rings is 1. The number of imidazole rings is 1. The molecule has 0 aliphatic carbocycles. The Morgan fingerprint density at radius 3 is 2.28 bits per heavy atom. The van der Waals surface area contributed by atoms with E-state index < -0.39 is 35.4 Å². The lowest BCUT2D eigenvalue weighted by Crippen LogP contribution is -2.58. The van der Waals surface area contributed by atoms with Crippen molar-refractivity contribution in [1.82, 2.24) is 45.0 Å². The Morgan fingerprint density at radius 1 is 0.866 bits per heavy atom. The number of aromatic nitrogens is 6. The molecule has 2 aromatic carbocycles. The Bertz CT molecular complexity index is 2650. The lowest BCUT2D eigenvalue weighted by molar-refractivity contribution is -0.144. The molecule has 4 atom stereocenters. The van der Waals surface area contributed by atoms with Crippen LogP contribution in [0.4, 0.5) is 11.6 Å². The molecule has 0 bridgehead atoms. The number of anilines is 2. The topological polar surface area (TPSA) is 208 Å². The van der Waals surface area contributed by atoms with Gasteiger partial charge in [0.2, 0.25) is 17.7 Å². The van der Waals surface area contributed by atoms with Crippen molar-refractivity contribution in [1.29, 1.82) is 0 Å². The molecule has 1 fully saturated rings. The summed E-state index contributed by atoms with van der Waals surface area (Å²) in [5.41, 5.74) is 6.68. The van der Waals surface area contributed by atoms with Crippen LogP contribution in [-0.2, 0) is 23.9 Å². The minimum atomic E-state index is -0.975. The van der Waals surface area contributed by atoms with Crippen molar-refractivity contribution in [2.75, 3.05) is 44.9 Å². The number of rotatable bonds is 19. The maximum Gasteiger partial charge on any atom is 0.246 e. The van der Waals surface area contributed by atoms with Crippen molar-refractivity contribution in [2.24, 2.45) is 5.41 Å². The number of ether oxygens (including phenoxy) is 3. The zero-order valence-corrected chi connectivity index (χ0v) is 40.1. The summed E-state index contributed by atoms with van der Waals surface area (Å²) in [6.07, 6.45) is 2.67. The van der Waals surface area contributed by atoms with E-state index in [0.29, 0.717) is 36.4 Å². The van der Waals surface area contributed by atoms with Crippen molar-refractivity contribution in [3.8, 4) is 27.6 Å². The molecule has 3 amide bonds. The molecule has 6 aromatic rings. The Morgan fingerprint density at radius 2 is 1.58 bits per heavy atom. The summed E-state index contributed by atoms with van der Waals surface area (Å²) >= 11 is 1.57. The third-order valence-corrected chi connectivity index (χ3v) is 12.4. The van der Waals surface area contributed by atoms with Gasteiger partial charge in [0.05, 0.1) is 59.8 Å². The SMILES string of the molecule is Cc1ncsc1-c1ccc([C@H](C)NC(=O)C2CC(O)CN2C(=O)C(NC(=O)COCCOCCOc2ccc(-c3nccc(Nc4cc5c(cn4)nc(C)n5C(C)C)n3)cc2)C(C)(C)C)cc1. The fourth-order valence-electron chi connectivity index (χ4n) is 8.06. The summed E-state index contributed by atoms with van der Waals surface area (Å²) < 4.78 is 19.3. The van der Waals surface area contributed by atoms with Crippen LogP contribution in [0.5, 0.6) is 5.75 Å². The molecule has 4 N–H and O–H groups in total. The van der Waals surface area contributed by atoms with Gasteiger partial charge >= 0.3 is 0 Å². The van der Waals surface area contributed by atoms with Crippen LogP contribution in [0.1, 0.15) is 77.1 Å². The van der Waals surface area contributed by atoms with Gasteiger partial charge in [-0.3, -0.25) is 14.4 Å². The minimum absolute atomic E-state index is 0.0229. The van der Waals surface area contributed by atoms with Crippen molar-refractivity contribution in [2.45, 2.75) is 92.1 Å². The molecule has 18 heteroatoms. The lowest BCUT2D eigenvalue weighted by atomic mass is 9.85. The number of nitrogens with zero attached hydrogens (tertiary/aromatic N) is 7. The number of fused-ring (bicyclic) bond motifs is 1. The number of aliphatic hydroxyl groups excluding tert-OH is 1. The van der Waals surface area contributed by atoms with Crippen LogP contribution in [0.3, 0.4) is 0 Å². The van der Waals surface area contributed by atoms with Crippen LogP contribution in [0.2, 0.25) is 0 Å². The predicted molar refractivity (Wildman–Crippen MR) is 257 cm³/mol. The molecule has 5 heterocycles. The lowest BCUT2D eigenvalue weighted by Gasteiger charge is -2.35. The quantitative estimate of drug-likeness (QED) is 0.0622. The summed E-state index contributed by atoms with van der Waals surface area (Å²) in [5, 5.41) is 19.7. The highest BCUT2D eigenvalue weighted by atomic mass is 32.1. The number of nitrogens with one attached hydrogen (secondary N) is 3. The number of carbonyl (C=O) groups excluding carboxylic acids is 3. The molecule has 1 aliphatic rings. The van der Waals surface area contributed by atoms with Gasteiger partial charge in [-0.25, -0.2) is 24.9 Å². The summed E-state index contributed by atoms with van der Waals surface area (Å²) in [6.45, 7) is 16.2. The Kier molecular flexibility index (Phi) is 15.6. The third kappa shape index (κ3) is 12.2. The fourth-order valence-corrected chi connectivity index (χ4v) is 8.87. The first-order chi connectivity index (χ1) is 32.0. The Hall–Kier alpha value is -6.34. The molecular formula is C49H60N10O7S. The van der Waals surface area contributed by atoms with E-state index >= 15 is 0 Å². The maximum atomic E-state index is 14.0. The van der Waals surface area contributed by atoms with Crippen molar-refractivity contribution in [3.63, 3.8) is 0 Å². The van der Waals surface area contributed by atoms with E-state index in [1.165, 1.54) is 4.90 Å². The maximum absolute atomic E-state index is 14.0. The van der Waals surface area contributed by atoms with Crippen LogP contribution in [-0.4, -0.2) is 115 Å². The second kappa shape index (κ2) is 21.5. The number of pyridine rings is 1. The largest absolute Gasteiger partial charge is 0.491 e. The van der Waals surface area contributed by atoms with E-state index in [9.17, 15) is 19.5 Å². The van der Waals surface area contributed by atoms with E-state index in [2.05, 4.69) is 54.3 Å². The smallest absolute Gasteiger partial charge is 0.246 e. The Labute approximate surface area is 394 Å². The van der Waals surface area contributed by atoms with Crippen molar-refractivity contribution >= 4 is 51.7 Å². The van der Waals surface area contributed by atoms with E-state index in [4.69, 9.17) is 19.2 Å². The highest BCUT2D eigenvalue weighted by Crippen LogP contribution is 2.30. The molecule has 354 valence electrons. The summed E-state index contributed by atoms with van der Waals surface area (Å²) in [6, 6.07) is 17.2. The van der Waals surface area contributed by atoms with Gasteiger partial charge in [0.15, 0.2) is 5.82 Å². The van der Waals surface area contributed by atoms with Crippen molar-refractivity contribution < 1.29 is 33.7 Å². The molecule has 17 nitrogen and oxygen atoms in total. The number of benzene rings is 2. The van der Waals surface area contributed by atoms with Gasteiger partial charge in [-0.2, -0.15) is 0 Å². The zero-order chi connectivity index (χ0) is 47.8. The summed E-state index contributed by atoms with van der Waals surface area (Å²) in [7, 11) is 0. The van der Waals surface area contributed by atoms with Crippen LogP contribution < -0.4 is 20.7 Å². The molecule has 0 radical (unpaired) electrons. The standard InChI is InChI=1S/C49H60N10O7S/c1-29(2)59-32(5)54-38-25-51-42(24-39(38)59)55-41-17-18-50-46(56-41)35-13-15-37(16-14-35)66-22-21-64-19-20-65-27-43(61)57-45(49(6,7)8)48(63)58-26-36(60)23-40(58)47(62)53-30(3)33-9-11-34(12-10-33)44-31(4)52-28-67-44/h9-18,24-25,28-30,36,40,45,60H,19-23,26-27H2,1-8H3,(H,53,62)(H,57,61)(H,50,51,55,56)/t30-,36?,40?,45?/m0/s1. The normalized spacial score (nSPS) is 16.0. The van der Waals surface area contributed by atoms with E-state index in [1.54, 1.807) is 29.8 Å². The van der Waals surface area contributed by atoms with Gasteiger partial charge in [0.25, 0.3) is 0 Å². The molecule has 67 heavy (non-hydrogen) atoms. The number of hydrogen-bond donors (Lipinski definition) is 4. The highest BCUT2D eigenvalue weighted by Gasteiger charge is 2.44. The van der Waals surface area contributed by atoms with E-state index in [-0.39, 0.29) is 50.8 Å². The van der Waals surface area contributed by atoms with Crippen molar-refractivity contribution in [3.05, 3.63) is 95.6 Å². The number of carbonyl (C=O) groups is 3. The number of likely N-dealkylation sites (tertiary alicyclic amines) is 1. The zero-order valence-electron chi connectivity index (χ0n) is 39.3. The number of aryl methyl sites for hydroxylation is 2. The van der Waals surface area contributed by atoms with Crippen LogP contribution in [0.25, 0.3) is 32.9 Å². The van der Waals surface area contributed by atoms with E-state index in [1.807, 2.05) is 102 Å². The van der Waals surface area contributed by atoms with Gasteiger partial charge in [0.1, 0.15) is 54.0 Å². The molecular weight excluding hydrogens is 873 g/mol. The molecule has 1 aliphatic heterocycles. The summed E-state index contributed by atoms with van der Waals surface area (Å²) in [4.78, 5) is 65.8. The first-order valence-corrected chi connectivity index (χ1v) is 23.4. The fraction of sp³-hybridized carbons (Fsp3) is 0.429. The van der Waals surface area contributed by atoms with Crippen LogP contribution in [0, 0.1) is 19.3 Å². The monoisotopic (exact) mass is 932 g/mol. The number of β-amino-alcohol motifs (C(OH)–C–C–N with tert-alkyl or cyclic N) is 1. The number of hydrogen-bond acceptors (Lipinski definition) is 14. The number of amides is 3. The Balaban J connectivity index is 0.816. The molecule has 4 aromatic heterocycles. The first-order valence-electron chi connectivity index (χ1n) is 22.5. The van der Waals surface area contributed by atoms with Gasteiger partial charge in [-0.1, -0.05) is 45.0 Å². The number of aliphatic hydroxyl groups is 1. The van der Waals surface area contributed by atoms with Gasteiger partial charge < -0.3 is 44.7 Å². The average Bonchev–Trinajstić information content (AvgIpc) is 4.01. The van der Waals surface area contributed by atoms with E-state index in [0.717, 1.165) is 44.1 Å². The molecule has 0 spiro atoms. The second-order valence-corrected chi connectivity index (χ2v) is 18.8. The molecule has 7 rings (SSSR count). The van der Waals surface area contributed by atoms with Gasteiger partial charge in [0, 0.05) is 36.8 Å². The highest BCUT2D eigenvalue weighted by molar-refractivity contribution is 7.13. The van der Waals surface area contributed by atoms with Gasteiger partial charge in [-0.15, -0.1) is 11.3 Å². The van der Waals surface area contributed by atoms with Crippen LogP contribution >= 0.6 is 11.3 Å². The van der Waals surface area contributed by atoms with Crippen LogP contribution in [0.15, 0.2) is 78.6 Å². The third-order valence-electron chi connectivity index (χ3n) is 11.5. The second-order valence-electron chi connectivity index (χ2n) is 18.0. The summed E-state index contributed by atoms with van der Waals surface area (Å²) in [5.74, 6) is 2.10. The molecule has 1 saturated heterocycles. The predicted octanol–water partition coefficient (Wildman–Crippen LogP) is 6.74. The minimum Gasteiger partial charge on any atom is -0.491 e. The molecule has 3 unspecified atom stereocenters. The first kappa shape index (κ1) is 48.6. The van der Waals surface area contributed by atoms with Gasteiger partial charge in [-0.05, 0) is 81.5 Å².